The van der Waals surface area contributed by atoms with Crippen molar-refractivity contribution >= 4 is 17.5 Å². The van der Waals surface area contributed by atoms with Gasteiger partial charge in [-0.05, 0) is 42.5 Å². The third-order valence-electron chi connectivity index (χ3n) is 4.80. The number of methoxy groups -OCH3 is 1. The van der Waals surface area contributed by atoms with Crippen molar-refractivity contribution in [3.05, 3.63) is 36.4 Å². The second-order valence-corrected chi connectivity index (χ2v) is 5.71. The molecule has 3 aliphatic rings. The second kappa shape index (κ2) is 3.95. The Balaban J connectivity index is 1.70. The van der Waals surface area contributed by atoms with Gasteiger partial charge in [0.25, 0.3) is 0 Å². The normalized spacial score (nSPS) is 34.0. The van der Waals surface area contributed by atoms with E-state index in [2.05, 4.69) is 12.2 Å². The van der Waals surface area contributed by atoms with Crippen molar-refractivity contribution in [1.29, 1.82) is 0 Å². The van der Waals surface area contributed by atoms with E-state index in [0.29, 0.717) is 5.69 Å². The summed E-state index contributed by atoms with van der Waals surface area (Å²) in [5.41, 5.74) is 0.648. The van der Waals surface area contributed by atoms with Crippen LogP contribution in [-0.2, 0) is 9.59 Å². The first-order valence-electron chi connectivity index (χ1n) is 6.91. The number of amides is 2. The predicted molar refractivity (Wildman–Crippen MR) is 73.2 cm³/mol. The second-order valence-electron chi connectivity index (χ2n) is 5.71. The summed E-state index contributed by atoms with van der Waals surface area (Å²) < 4.78 is 5.11. The van der Waals surface area contributed by atoms with Crippen LogP contribution in [0.5, 0.6) is 5.75 Å². The molecule has 0 aromatic heterocycles. The van der Waals surface area contributed by atoms with E-state index in [0.717, 1.165) is 12.2 Å². The minimum Gasteiger partial charge on any atom is -0.497 e. The lowest BCUT2D eigenvalue weighted by Crippen LogP contribution is -2.32. The van der Waals surface area contributed by atoms with Crippen molar-refractivity contribution in [2.24, 2.45) is 23.7 Å². The smallest absolute Gasteiger partial charge is 0.238 e. The Morgan fingerprint density at radius 3 is 2.05 bits per heavy atom. The highest BCUT2D eigenvalue weighted by molar-refractivity contribution is 6.22. The van der Waals surface area contributed by atoms with Gasteiger partial charge in [0.05, 0.1) is 24.6 Å². The molecule has 1 aromatic carbocycles. The Labute approximate surface area is 117 Å². The average molecular weight is 269 g/mol. The van der Waals surface area contributed by atoms with E-state index in [4.69, 9.17) is 4.74 Å². The van der Waals surface area contributed by atoms with E-state index < -0.39 is 0 Å². The number of imide groups is 1. The molecule has 0 unspecified atom stereocenters. The molecule has 4 nitrogen and oxygen atoms in total. The van der Waals surface area contributed by atoms with Gasteiger partial charge >= 0.3 is 0 Å². The van der Waals surface area contributed by atoms with Gasteiger partial charge in [-0.2, -0.15) is 0 Å². The van der Waals surface area contributed by atoms with Crippen LogP contribution in [0.15, 0.2) is 36.4 Å². The number of hydrogen-bond donors (Lipinski definition) is 0. The lowest BCUT2D eigenvalue weighted by Gasteiger charge is -2.17. The highest BCUT2D eigenvalue weighted by Gasteiger charge is 2.59. The molecular weight excluding hydrogens is 254 g/mol. The molecule has 1 saturated heterocycles. The van der Waals surface area contributed by atoms with Crippen molar-refractivity contribution in [1.82, 2.24) is 0 Å². The lowest BCUT2D eigenvalue weighted by atomic mass is 9.85. The zero-order valence-corrected chi connectivity index (χ0v) is 11.2. The molecule has 4 atom stereocenters. The third-order valence-corrected chi connectivity index (χ3v) is 4.80. The SMILES string of the molecule is COc1ccc(N2C(=O)[C@@H]3[C@H](C2=O)[C@H]2C=C[C@@H]3C2)cc1. The quantitative estimate of drug-likeness (QED) is 0.609. The highest BCUT2D eigenvalue weighted by Crippen LogP contribution is 2.53. The Morgan fingerprint density at radius 1 is 1.00 bits per heavy atom. The molecule has 102 valence electrons. The van der Waals surface area contributed by atoms with Crippen molar-refractivity contribution in [3.63, 3.8) is 0 Å². The number of ether oxygens (including phenoxy) is 1. The van der Waals surface area contributed by atoms with Gasteiger partial charge in [0.2, 0.25) is 11.8 Å². The van der Waals surface area contributed by atoms with Crippen LogP contribution in [0.25, 0.3) is 0 Å². The summed E-state index contributed by atoms with van der Waals surface area (Å²) in [4.78, 5) is 26.5. The third kappa shape index (κ3) is 1.36. The van der Waals surface area contributed by atoms with E-state index in [1.807, 2.05) is 0 Å². The predicted octanol–water partition coefficient (Wildman–Crippen LogP) is 2.01. The first kappa shape index (κ1) is 11.7. The van der Waals surface area contributed by atoms with Gasteiger partial charge in [-0.1, -0.05) is 12.2 Å². The van der Waals surface area contributed by atoms with Crippen LogP contribution in [0.4, 0.5) is 5.69 Å². The van der Waals surface area contributed by atoms with Gasteiger partial charge in [-0.15, -0.1) is 0 Å². The molecule has 0 radical (unpaired) electrons. The lowest BCUT2D eigenvalue weighted by molar-refractivity contribution is -0.123. The number of hydrogen-bond acceptors (Lipinski definition) is 3. The van der Waals surface area contributed by atoms with Crippen molar-refractivity contribution in [2.45, 2.75) is 6.42 Å². The minimum atomic E-state index is -0.139. The highest BCUT2D eigenvalue weighted by atomic mass is 16.5. The van der Waals surface area contributed by atoms with Gasteiger partial charge in [0, 0.05) is 0 Å². The van der Waals surface area contributed by atoms with Crippen molar-refractivity contribution < 1.29 is 14.3 Å². The largest absolute Gasteiger partial charge is 0.497 e. The Morgan fingerprint density at radius 2 is 1.55 bits per heavy atom. The summed E-state index contributed by atoms with van der Waals surface area (Å²) in [6.45, 7) is 0. The van der Waals surface area contributed by atoms with E-state index in [1.54, 1.807) is 31.4 Å². The standard InChI is InChI=1S/C16H15NO3/c1-20-12-6-4-11(5-7-12)17-15(18)13-9-2-3-10(8-9)14(13)16(17)19/h2-7,9-10,13-14H,8H2,1H3/t9-,10+,13+,14-. The van der Waals surface area contributed by atoms with Crippen LogP contribution < -0.4 is 9.64 Å². The molecule has 1 saturated carbocycles. The number of allylic oxidation sites excluding steroid dienone is 2. The van der Waals surface area contributed by atoms with Crippen LogP contribution in [0.2, 0.25) is 0 Å². The molecular formula is C16H15NO3. The fraction of sp³-hybridized carbons (Fsp3) is 0.375. The van der Waals surface area contributed by atoms with Gasteiger partial charge < -0.3 is 4.74 Å². The van der Waals surface area contributed by atoms with Gasteiger partial charge in [0.15, 0.2) is 0 Å². The van der Waals surface area contributed by atoms with Crippen LogP contribution in [0.3, 0.4) is 0 Å². The maximum absolute atomic E-state index is 12.6. The number of benzene rings is 1. The number of fused-ring (bicyclic) bond motifs is 5. The summed E-state index contributed by atoms with van der Waals surface area (Å²) in [7, 11) is 1.59. The molecule has 0 spiro atoms. The summed E-state index contributed by atoms with van der Waals surface area (Å²) in [6, 6.07) is 7.09. The molecule has 1 aliphatic heterocycles. The monoisotopic (exact) mass is 269 g/mol. The maximum Gasteiger partial charge on any atom is 0.238 e. The maximum atomic E-state index is 12.6. The van der Waals surface area contributed by atoms with Crippen LogP contribution in [0, 0.1) is 23.7 Å². The fourth-order valence-electron chi connectivity index (χ4n) is 3.89. The van der Waals surface area contributed by atoms with Gasteiger partial charge in [0.1, 0.15) is 5.75 Å². The molecule has 2 fully saturated rings. The van der Waals surface area contributed by atoms with Crippen LogP contribution >= 0.6 is 0 Å². The summed E-state index contributed by atoms with van der Waals surface area (Å²) >= 11 is 0. The molecule has 4 rings (SSSR count). The van der Waals surface area contributed by atoms with Crippen LogP contribution in [0.1, 0.15) is 6.42 Å². The molecule has 1 heterocycles. The van der Waals surface area contributed by atoms with E-state index in [1.165, 1.54) is 4.90 Å². The molecule has 0 N–H and O–H groups in total. The average Bonchev–Trinajstić information content (AvgIpc) is 3.14. The Hall–Kier alpha value is -2.10. The number of nitrogens with zero attached hydrogens (tertiary/aromatic N) is 1. The summed E-state index contributed by atoms with van der Waals surface area (Å²) in [6.07, 6.45) is 5.17. The van der Waals surface area contributed by atoms with Gasteiger partial charge in [-0.25, -0.2) is 0 Å². The van der Waals surface area contributed by atoms with Crippen molar-refractivity contribution in [3.8, 4) is 5.75 Å². The number of rotatable bonds is 2. The molecule has 4 heteroatoms. The zero-order chi connectivity index (χ0) is 13.9. The molecule has 2 bridgehead atoms. The summed E-state index contributed by atoms with van der Waals surface area (Å²) in [5.74, 6) is 0.868. The number of anilines is 1. The topological polar surface area (TPSA) is 46.6 Å². The molecule has 20 heavy (non-hydrogen) atoms. The number of carbonyl (C=O) groups excluding carboxylic acids is 2. The Bertz CT molecular complexity index is 589. The van der Waals surface area contributed by atoms with Crippen LogP contribution in [-0.4, -0.2) is 18.9 Å². The molecule has 2 aliphatic carbocycles. The van der Waals surface area contributed by atoms with E-state index >= 15 is 0 Å². The molecule has 1 aromatic rings. The van der Waals surface area contributed by atoms with Crippen molar-refractivity contribution in [2.75, 3.05) is 12.0 Å². The first-order valence-corrected chi connectivity index (χ1v) is 6.91. The van der Waals surface area contributed by atoms with E-state index in [-0.39, 0.29) is 35.5 Å². The zero-order valence-electron chi connectivity index (χ0n) is 11.2. The Kier molecular flexibility index (Phi) is 2.31. The van der Waals surface area contributed by atoms with E-state index in [9.17, 15) is 9.59 Å². The summed E-state index contributed by atoms with van der Waals surface area (Å²) in [5, 5.41) is 0. The fourth-order valence-corrected chi connectivity index (χ4v) is 3.89. The first-order chi connectivity index (χ1) is 9.70. The molecule has 2 amide bonds. The number of carbonyl (C=O) groups is 2. The van der Waals surface area contributed by atoms with Gasteiger partial charge in [-0.3, -0.25) is 14.5 Å². The minimum absolute atomic E-state index is 0.0398.